The Labute approximate surface area is 177 Å². The van der Waals surface area contributed by atoms with Crippen molar-refractivity contribution in [3.63, 3.8) is 0 Å². The molecule has 0 radical (unpaired) electrons. The maximum atomic E-state index is 11.9. The van der Waals surface area contributed by atoms with Gasteiger partial charge in [0.25, 0.3) is 0 Å². The third-order valence-electron chi connectivity index (χ3n) is 3.64. The molecule has 0 bridgehead atoms. The van der Waals surface area contributed by atoms with E-state index in [2.05, 4.69) is 31.8 Å². The highest BCUT2D eigenvalue weighted by Crippen LogP contribution is 2.36. The number of carbonyl (C=O) groups is 2. The second kappa shape index (κ2) is 11.1. The van der Waals surface area contributed by atoms with Gasteiger partial charge in [0, 0.05) is 5.69 Å². The fraction of sp³-hybridized carbons (Fsp3) is 0.250. The quantitative estimate of drug-likeness (QED) is 0.337. The minimum atomic E-state index is -0.538. The largest absolute Gasteiger partial charge is 0.497 e. The maximum Gasteiger partial charge on any atom is 0.249 e. The standard InChI is InChI=1S/C20H22BrN3O5/c1-4-29-20-16(21)9-13(10-17(20)28-3)12-22-24-19(26)11-18(25)23-14-5-7-15(27-2)8-6-14/h5-10,12H,4,11H2,1-3H3,(H,23,25)(H,24,26). The van der Waals surface area contributed by atoms with Gasteiger partial charge in [-0.15, -0.1) is 0 Å². The van der Waals surface area contributed by atoms with E-state index in [0.717, 1.165) is 0 Å². The number of hydrogen-bond donors (Lipinski definition) is 2. The molecule has 0 atom stereocenters. The fourth-order valence-electron chi connectivity index (χ4n) is 2.34. The van der Waals surface area contributed by atoms with Gasteiger partial charge in [-0.2, -0.15) is 5.10 Å². The number of anilines is 1. The van der Waals surface area contributed by atoms with Crippen molar-refractivity contribution < 1.29 is 23.8 Å². The summed E-state index contributed by atoms with van der Waals surface area (Å²) in [4.78, 5) is 23.8. The summed E-state index contributed by atoms with van der Waals surface area (Å²) >= 11 is 3.42. The zero-order valence-electron chi connectivity index (χ0n) is 16.3. The minimum Gasteiger partial charge on any atom is -0.497 e. The lowest BCUT2D eigenvalue weighted by Gasteiger charge is -2.11. The van der Waals surface area contributed by atoms with Crippen LogP contribution in [0.15, 0.2) is 46.0 Å². The molecular formula is C20H22BrN3O5. The van der Waals surface area contributed by atoms with Crippen molar-refractivity contribution in [3.05, 3.63) is 46.4 Å². The topological polar surface area (TPSA) is 98.2 Å². The van der Waals surface area contributed by atoms with Gasteiger partial charge in [0.05, 0.1) is 31.5 Å². The molecule has 2 aromatic carbocycles. The lowest BCUT2D eigenvalue weighted by Crippen LogP contribution is -2.24. The number of halogens is 1. The highest BCUT2D eigenvalue weighted by atomic mass is 79.9. The number of nitrogens with zero attached hydrogens (tertiary/aromatic N) is 1. The predicted octanol–water partition coefficient (Wildman–Crippen LogP) is 3.34. The molecule has 8 nitrogen and oxygen atoms in total. The minimum absolute atomic E-state index is 0.361. The van der Waals surface area contributed by atoms with Gasteiger partial charge in [-0.05, 0) is 64.8 Å². The summed E-state index contributed by atoms with van der Waals surface area (Å²) in [5.74, 6) is 0.810. The van der Waals surface area contributed by atoms with Gasteiger partial charge in [0.1, 0.15) is 12.2 Å². The van der Waals surface area contributed by atoms with Crippen molar-refractivity contribution in [1.29, 1.82) is 0 Å². The van der Waals surface area contributed by atoms with E-state index in [1.165, 1.54) is 13.3 Å². The molecule has 0 aliphatic rings. The number of rotatable bonds is 9. The lowest BCUT2D eigenvalue weighted by molar-refractivity contribution is -0.126. The van der Waals surface area contributed by atoms with Crippen molar-refractivity contribution in [2.45, 2.75) is 13.3 Å². The first-order chi connectivity index (χ1) is 14.0. The first-order valence-electron chi connectivity index (χ1n) is 8.73. The van der Waals surface area contributed by atoms with Gasteiger partial charge in [-0.25, -0.2) is 5.43 Å². The van der Waals surface area contributed by atoms with Gasteiger partial charge in [-0.1, -0.05) is 0 Å². The van der Waals surface area contributed by atoms with Crippen LogP contribution < -0.4 is 25.0 Å². The number of ether oxygens (including phenoxy) is 3. The second-order valence-corrected chi connectivity index (χ2v) is 6.57. The number of amides is 2. The SMILES string of the molecule is CCOc1c(Br)cc(C=NNC(=O)CC(=O)Nc2ccc(OC)cc2)cc1OC. The molecule has 0 spiro atoms. The Morgan fingerprint density at radius 3 is 2.45 bits per heavy atom. The normalized spacial score (nSPS) is 10.5. The number of benzene rings is 2. The van der Waals surface area contributed by atoms with Crippen LogP contribution in [0.3, 0.4) is 0 Å². The van der Waals surface area contributed by atoms with E-state index in [-0.39, 0.29) is 6.42 Å². The summed E-state index contributed by atoms with van der Waals surface area (Å²) in [7, 11) is 3.09. The highest BCUT2D eigenvalue weighted by Gasteiger charge is 2.11. The van der Waals surface area contributed by atoms with Crippen LogP contribution in [-0.4, -0.2) is 38.9 Å². The molecule has 0 saturated heterocycles. The third-order valence-corrected chi connectivity index (χ3v) is 4.23. The molecule has 2 N–H and O–H groups in total. The van der Waals surface area contributed by atoms with E-state index in [0.29, 0.717) is 39.6 Å². The molecule has 0 aromatic heterocycles. The number of hydrogen-bond acceptors (Lipinski definition) is 6. The first-order valence-corrected chi connectivity index (χ1v) is 9.52. The highest BCUT2D eigenvalue weighted by molar-refractivity contribution is 9.10. The Balaban J connectivity index is 1.90. The second-order valence-electron chi connectivity index (χ2n) is 5.71. The van der Waals surface area contributed by atoms with Crippen LogP contribution in [0.5, 0.6) is 17.2 Å². The van der Waals surface area contributed by atoms with E-state index in [4.69, 9.17) is 14.2 Å². The molecular weight excluding hydrogens is 442 g/mol. The summed E-state index contributed by atoms with van der Waals surface area (Å²) in [5.41, 5.74) is 3.57. The van der Waals surface area contributed by atoms with Crippen LogP contribution in [0.4, 0.5) is 5.69 Å². The summed E-state index contributed by atoms with van der Waals surface area (Å²) in [6, 6.07) is 10.3. The Morgan fingerprint density at radius 1 is 1.10 bits per heavy atom. The Morgan fingerprint density at radius 2 is 1.83 bits per heavy atom. The molecule has 2 aromatic rings. The van der Waals surface area contributed by atoms with Gasteiger partial charge >= 0.3 is 0 Å². The van der Waals surface area contributed by atoms with E-state index in [1.54, 1.807) is 43.5 Å². The molecule has 2 amide bonds. The van der Waals surface area contributed by atoms with E-state index < -0.39 is 11.8 Å². The van der Waals surface area contributed by atoms with Crippen molar-refractivity contribution >= 4 is 39.6 Å². The molecule has 2 rings (SSSR count). The smallest absolute Gasteiger partial charge is 0.249 e. The van der Waals surface area contributed by atoms with Crippen molar-refractivity contribution in [3.8, 4) is 17.2 Å². The molecule has 9 heteroatoms. The number of hydrazone groups is 1. The van der Waals surface area contributed by atoms with Crippen LogP contribution in [0, 0.1) is 0 Å². The van der Waals surface area contributed by atoms with Crippen LogP contribution in [-0.2, 0) is 9.59 Å². The zero-order valence-corrected chi connectivity index (χ0v) is 17.9. The van der Waals surface area contributed by atoms with E-state index >= 15 is 0 Å². The lowest BCUT2D eigenvalue weighted by atomic mass is 10.2. The first kappa shape index (κ1) is 22.2. The average Bonchev–Trinajstić information content (AvgIpc) is 2.70. The van der Waals surface area contributed by atoms with Crippen molar-refractivity contribution in [1.82, 2.24) is 5.43 Å². The van der Waals surface area contributed by atoms with Gasteiger partial charge in [-0.3, -0.25) is 9.59 Å². The Bertz CT molecular complexity index is 884. The fourth-order valence-corrected chi connectivity index (χ4v) is 2.92. The summed E-state index contributed by atoms with van der Waals surface area (Å²) in [6.45, 7) is 2.37. The number of carbonyl (C=O) groups excluding carboxylic acids is 2. The Hall–Kier alpha value is -3.07. The van der Waals surface area contributed by atoms with Crippen molar-refractivity contribution in [2.24, 2.45) is 5.10 Å². The van der Waals surface area contributed by atoms with Crippen LogP contribution in [0.25, 0.3) is 0 Å². The molecule has 0 aliphatic heterocycles. The van der Waals surface area contributed by atoms with E-state index in [9.17, 15) is 9.59 Å². The molecule has 0 unspecified atom stereocenters. The number of methoxy groups -OCH3 is 2. The summed E-state index contributed by atoms with van der Waals surface area (Å²) < 4.78 is 16.6. The van der Waals surface area contributed by atoms with Crippen LogP contribution in [0.1, 0.15) is 18.9 Å². The molecule has 29 heavy (non-hydrogen) atoms. The molecule has 154 valence electrons. The molecule has 0 heterocycles. The zero-order chi connectivity index (χ0) is 21.2. The van der Waals surface area contributed by atoms with Gasteiger partial charge in [0.2, 0.25) is 11.8 Å². The van der Waals surface area contributed by atoms with Crippen LogP contribution in [0.2, 0.25) is 0 Å². The molecule has 0 saturated carbocycles. The third kappa shape index (κ3) is 6.79. The van der Waals surface area contributed by atoms with Gasteiger partial charge in [0.15, 0.2) is 11.5 Å². The van der Waals surface area contributed by atoms with Gasteiger partial charge < -0.3 is 19.5 Å². The summed E-state index contributed by atoms with van der Waals surface area (Å²) in [6.07, 6.45) is 1.09. The average molecular weight is 464 g/mol. The molecule has 0 aliphatic carbocycles. The Kier molecular flexibility index (Phi) is 8.47. The predicted molar refractivity (Wildman–Crippen MR) is 114 cm³/mol. The number of nitrogens with one attached hydrogen (secondary N) is 2. The van der Waals surface area contributed by atoms with Crippen LogP contribution >= 0.6 is 15.9 Å². The maximum absolute atomic E-state index is 11.9. The van der Waals surface area contributed by atoms with E-state index in [1.807, 2.05) is 6.92 Å². The summed E-state index contributed by atoms with van der Waals surface area (Å²) in [5, 5.41) is 6.51. The molecule has 0 fully saturated rings. The van der Waals surface area contributed by atoms with Crippen molar-refractivity contribution in [2.75, 3.05) is 26.1 Å². The monoisotopic (exact) mass is 463 g/mol.